The highest BCUT2D eigenvalue weighted by atomic mass is 15.1. The Morgan fingerprint density at radius 3 is 2.44 bits per heavy atom. The lowest BCUT2D eigenvalue weighted by molar-refractivity contribution is 0.371. The summed E-state index contributed by atoms with van der Waals surface area (Å²) in [6, 6.07) is 8.17. The van der Waals surface area contributed by atoms with Gasteiger partial charge < -0.3 is 11.1 Å². The van der Waals surface area contributed by atoms with E-state index in [4.69, 9.17) is 5.73 Å². The van der Waals surface area contributed by atoms with E-state index < -0.39 is 0 Å². The molecule has 3 nitrogen and oxygen atoms in total. The minimum atomic E-state index is 0.416. The minimum absolute atomic E-state index is 0.416. The zero-order chi connectivity index (χ0) is 13.2. The van der Waals surface area contributed by atoms with Crippen molar-refractivity contribution in [2.75, 3.05) is 11.9 Å². The summed E-state index contributed by atoms with van der Waals surface area (Å²) in [4.78, 5) is 4.48. The molecule has 0 aliphatic heterocycles. The minimum Gasteiger partial charge on any atom is -0.370 e. The molecule has 0 atom stereocenters. The molecule has 0 radical (unpaired) electrons. The summed E-state index contributed by atoms with van der Waals surface area (Å²) in [6.07, 6.45) is 2.57. The summed E-state index contributed by atoms with van der Waals surface area (Å²) < 4.78 is 0. The third-order valence-electron chi connectivity index (χ3n) is 4.01. The summed E-state index contributed by atoms with van der Waals surface area (Å²) in [7, 11) is 0. The van der Waals surface area contributed by atoms with Gasteiger partial charge in [0.25, 0.3) is 0 Å². The molecule has 1 aromatic carbocycles. The van der Waals surface area contributed by atoms with Crippen molar-refractivity contribution in [2.24, 2.45) is 22.1 Å². The van der Waals surface area contributed by atoms with E-state index >= 15 is 0 Å². The van der Waals surface area contributed by atoms with Crippen LogP contribution in [0.5, 0.6) is 0 Å². The van der Waals surface area contributed by atoms with E-state index in [-0.39, 0.29) is 0 Å². The zero-order valence-corrected chi connectivity index (χ0v) is 11.5. The molecule has 18 heavy (non-hydrogen) atoms. The van der Waals surface area contributed by atoms with Crippen molar-refractivity contribution in [3.05, 3.63) is 29.8 Å². The van der Waals surface area contributed by atoms with Crippen molar-refractivity contribution in [3.8, 4) is 0 Å². The van der Waals surface area contributed by atoms with E-state index in [2.05, 4.69) is 43.2 Å². The maximum Gasteiger partial charge on any atom is 0.193 e. The Morgan fingerprint density at radius 2 is 1.94 bits per heavy atom. The van der Waals surface area contributed by atoms with Gasteiger partial charge in [0, 0.05) is 12.2 Å². The third kappa shape index (κ3) is 3.03. The number of benzene rings is 1. The van der Waals surface area contributed by atoms with Crippen LogP contribution in [0.1, 0.15) is 32.3 Å². The number of aliphatic imine (C=N–C) groups is 1. The highest BCUT2D eigenvalue weighted by molar-refractivity contribution is 5.92. The standard InChI is InChI=1S/C15H23N3/c1-11(2)15(8-9-15)10-17-14(16)18-13-6-4-12(3)5-7-13/h4-7,11H,8-10H2,1-3H3,(H3,16,17,18). The maximum atomic E-state index is 5.92. The van der Waals surface area contributed by atoms with Gasteiger partial charge in [-0.05, 0) is 43.2 Å². The number of aryl methyl sites for hydroxylation is 1. The molecule has 1 aliphatic carbocycles. The van der Waals surface area contributed by atoms with Crippen LogP contribution in [0, 0.1) is 18.3 Å². The maximum absolute atomic E-state index is 5.92. The quantitative estimate of drug-likeness (QED) is 0.632. The molecule has 0 unspecified atom stereocenters. The second kappa shape index (κ2) is 5.01. The number of nitrogens with one attached hydrogen (secondary N) is 1. The largest absolute Gasteiger partial charge is 0.370 e. The molecule has 0 amide bonds. The Kier molecular flexibility index (Phi) is 3.60. The van der Waals surface area contributed by atoms with E-state index in [1.54, 1.807) is 0 Å². The number of nitrogens with zero attached hydrogens (tertiary/aromatic N) is 1. The Labute approximate surface area is 109 Å². The van der Waals surface area contributed by atoms with Crippen molar-refractivity contribution in [3.63, 3.8) is 0 Å². The highest BCUT2D eigenvalue weighted by Crippen LogP contribution is 2.51. The van der Waals surface area contributed by atoms with Gasteiger partial charge in [-0.25, -0.2) is 0 Å². The monoisotopic (exact) mass is 245 g/mol. The Morgan fingerprint density at radius 1 is 1.33 bits per heavy atom. The van der Waals surface area contributed by atoms with Crippen molar-refractivity contribution in [1.29, 1.82) is 0 Å². The van der Waals surface area contributed by atoms with Crippen LogP contribution in [-0.4, -0.2) is 12.5 Å². The Hall–Kier alpha value is -1.51. The molecule has 0 spiro atoms. The van der Waals surface area contributed by atoms with Gasteiger partial charge in [0.2, 0.25) is 0 Å². The van der Waals surface area contributed by atoms with E-state index in [1.807, 2.05) is 12.1 Å². The first-order valence-corrected chi connectivity index (χ1v) is 6.65. The normalized spacial score (nSPS) is 17.9. The molecule has 98 valence electrons. The number of hydrogen-bond donors (Lipinski definition) is 2. The van der Waals surface area contributed by atoms with Gasteiger partial charge >= 0.3 is 0 Å². The van der Waals surface area contributed by atoms with Crippen LogP contribution < -0.4 is 11.1 Å². The first-order valence-electron chi connectivity index (χ1n) is 6.65. The van der Waals surface area contributed by atoms with Gasteiger partial charge in [-0.1, -0.05) is 31.5 Å². The Bertz CT molecular complexity index is 428. The van der Waals surface area contributed by atoms with Crippen LogP contribution in [-0.2, 0) is 0 Å². The molecule has 1 aromatic rings. The van der Waals surface area contributed by atoms with Crippen molar-refractivity contribution in [1.82, 2.24) is 0 Å². The van der Waals surface area contributed by atoms with Gasteiger partial charge in [-0.3, -0.25) is 4.99 Å². The molecule has 0 aromatic heterocycles. The van der Waals surface area contributed by atoms with E-state index in [9.17, 15) is 0 Å². The van der Waals surface area contributed by atoms with Gasteiger partial charge in [0.15, 0.2) is 5.96 Å². The van der Waals surface area contributed by atoms with Gasteiger partial charge in [0.1, 0.15) is 0 Å². The second-order valence-corrected chi connectivity index (χ2v) is 5.71. The smallest absolute Gasteiger partial charge is 0.193 e. The van der Waals surface area contributed by atoms with E-state index in [0.717, 1.165) is 12.2 Å². The molecule has 3 N–H and O–H groups in total. The van der Waals surface area contributed by atoms with Crippen molar-refractivity contribution < 1.29 is 0 Å². The van der Waals surface area contributed by atoms with Crippen LogP contribution in [0.15, 0.2) is 29.3 Å². The molecule has 2 rings (SSSR count). The molecule has 0 saturated heterocycles. The van der Waals surface area contributed by atoms with Crippen molar-refractivity contribution >= 4 is 11.6 Å². The molecule has 3 heteroatoms. The summed E-state index contributed by atoms with van der Waals surface area (Å²) in [5.74, 6) is 1.21. The lowest BCUT2D eigenvalue weighted by Gasteiger charge is -2.17. The first kappa shape index (κ1) is 12.9. The summed E-state index contributed by atoms with van der Waals surface area (Å²) in [5.41, 5.74) is 8.57. The summed E-state index contributed by atoms with van der Waals surface area (Å²) >= 11 is 0. The third-order valence-corrected chi connectivity index (χ3v) is 4.01. The van der Waals surface area contributed by atoms with Crippen LogP contribution in [0.4, 0.5) is 5.69 Å². The predicted octanol–water partition coefficient (Wildman–Crippen LogP) is 3.16. The van der Waals surface area contributed by atoms with Gasteiger partial charge in [-0.15, -0.1) is 0 Å². The predicted molar refractivity (Wildman–Crippen MR) is 77.8 cm³/mol. The molecular formula is C15H23N3. The van der Waals surface area contributed by atoms with Crippen LogP contribution >= 0.6 is 0 Å². The lowest BCUT2D eigenvalue weighted by atomic mass is 9.93. The second-order valence-electron chi connectivity index (χ2n) is 5.71. The molecule has 1 saturated carbocycles. The summed E-state index contributed by atoms with van der Waals surface area (Å²) in [5, 5.41) is 3.14. The lowest BCUT2D eigenvalue weighted by Crippen LogP contribution is -2.25. The number of rotatable bonds is 4. The van der Waals surface area contributed by atoms with Crippen LogP contribution in [0.3, 0.4) is 0 Å². The Balaban J connectivity index is 1.91. The topological polar surface area (TPSA) is 50.4 Å². The molecular weight excluding hydrogens is 222 g/mol. The van der Waals surface area contributed by atoms with Gasteiger partial charge in [-0.2, -0.15) is 0 Å². The van der Waals surface area contributed by atoms with Crippen molar-refractivity contribution in [2.45, 2.75) is 33.6 Å². The number of hydrogen-bond acceptors (Lipinski definition) is 1. The average molecular weight is 245 g/mol. The van der Waals surface area contributed by atoms with Crippen LogP contribution in [0.2, 0.25) is 0 Å². The fraction of sp³-hybridized carbons (Fsp3) is 0.533. The number of guanidine groups is 1. The summed E-state index contributed by atoms with van der Waals surface area (Å²) in [6.45, 7) is 7.45. The van der Waals surface area contributed by atoms with Crippen LogP contribution in [0.25, 0.3) is 0 Å². The average Bonchev–Trinajstić information content (AvgIpc) is 3.11. The SMILES string of the molecule is Cc1ccc(NC(N)=NCC2(C(C)C)CC2)cc1. The molecule has 0 heterocycles. The van der Waals surface area contributed by atoms with Gasteiger partial charge in [0.05, 0.1) is 0 Å². The molecule has 1 fully saturated rings. The number of anilines is 1. The molecule has 0 bridgehead atoms. The first-order chi connectivity index (χ1) is 8.52. The fourth-order valence-corrected chi connectivity index (χ4v) is 2.15. The molecule has 1 aliphatic rings. The number of nitrogens with two attached hydrogens (primary N) is 1. The highest BCUT2D eigenvalue weighted by Gasteiger charge is 2.45. The van der Waals surface area contributed by atoms with E-state index in [0.29, 0.717) is 17.3 Å². The zero-order valence-electron chi connectivity index (χ0n) is 11.5. The van der Waals surface area contributed by atoms with E-state index in [1.165, 1.54) is 18.4 Å². The fourth-order valence-electron chi connectivity index (χ4n) is 2.15.